The van der Waals surface area contributed by atoms with Crippen LogP contribution >= 0.6 is 0 Å². The monoisotopic (exact) mass is 395 g/mol. The van der Waals surface area contributed by atoms with Gasteiger partial charge >= 0.3 is 0 Å². The highest BCUT2D eigenvalue weighted by atomic mass is 32.2. The number of fused-ring (bicyclic) bond motifs is 2. The largest absolute Gasteiger partial charge is 0.272 e. The van der Waals surface area contributed by atoms with Gasteiger partial charge in [-0.15, -0.1) is 0 Å². The van der Waals surface area contributed by atoms with Crippen molar-refractivity contribution in [3.05, 3.63) is 30.1 Å². The maximum Gasteiger partial charge on any atom is 0.255 e. The van der Waals surface area contributed by atoms with E-state index in [9.17, 15) is 17.6 Å². The van der Waals surface area contributed by atoms with E-state index in [1.54, 1.807) is 0 Å². The minimum atomic E-state index is -3.87. The molecule has 0 aromatic heterocycles. The van der Waals surface area contributed by atoms with Crippen molar-refractivity contribution in [3.63, 3.8) is 0 Å². The van der Waals surface area contributed by atoms with Crippen LogP contribution in [-0.2, 0) is 14.8 Å². The maximum atomic E-state index is 13.0. The lowest BCUT2D eigenvalue weighted by Crippen LogP contribution is -2.38. The number of hydrogen-bond donors (Lipinski definition) is 1. The molecule has 1 amide bonds. The van der Waals surface area contributed by atoms with Gasteiger partial charge in [-0.05, 0) is 54.9 Å². The molecule has 0 heterocycles. The first-order valence-corrected chi connectivity index (χ1v) is 10.5. The Bertz CT molecular complexity index is 880. The number of nitrogens with zero attached hydrogens (tertiary/aromatic N) is 2. The number of carbonyl (C=O) groups is 1. The van der Waals surface area contributed by atoms with Crippen molar-refractivity contribution in [3.8, 4) is 0 Å². The van der Waals surface area contributed by atoms with Gasteiger partial charge in [0.15, 0.2) is 0 Å². The molecule has 27 heavy (non-hydrogen) atoms. The van der Waals surface area contributed by atoms with E-state index in [1.807, 2.05) is 0 Å². The Hall–Kier alpha value is -1.80. The maximum absolute atomic E-state index is 13.0. The number of amides is 1. The van der Waals surface area contributed by atoms with Crippen LogP contribution in [0.1, 0.15) is 40.0 Å². The highest BCUT2D eigenvalue weighted by Gasteiger charge is 2.60. The lowest BCUT2D eigenvalue weighted by atomic mass is 9.70. The number of carbonyl (C=O) groups excluding carboxylic acids is 1. The first kappa shape index (κ1) is 19.9. The van der Waals surface area contributed by atoms with Gasteiger partial charge in [0.2, 0.25) is 10.0 Å². The van der Waals surface area contributed by atoms with Gasteiger partial charge in [-0.2, -0.15) is 9.41 Å². The number of sulfonamides is 1. The molecule has 2 saturated carbocycles. The molecule has 0 radical (unpaired) electrons. The topological polar surface area (TPSA) is 78.8 Å². The van der Waals surface area contributed by atoms with Gasteiger partial charge in [0.05, 0.1) is 11.4 Å². The molecule has 6 nitrogen and oxygen atoms in total. The van der Waals surface area contributed by atoms with E-state index in [-0.39, 0.29) is 22.3 Å². The second-order valence-corrected chi connectivity index (χ2v) is 10.3. The lowest BCUT2D eigenvalue weighted by Gasteiger charge is -2.34. The number of halogens is 1. The van der Waals surface area contributed by atoms with E-state index in [0.717, 1.165) is 35.0 Å². The molecule has 1 aromatic carbocycles. The van der Waals surface area contributed by atoms with Gasteiger partial charge in [0, 0.05) is 18.2 Å². The lowest BCUT2D eigenvalue weighted by molar-refractivity contribution is -0.121. The number of hydrogen-bond acceptors (Lipinski definition) is 4. The van der Waals surface area contributed by atoms with Crippen LogP contribution in [0, 0.1) is 22.6 Å². The van der Waals surface area contributed by atoms with Crippen molar-refractivity contribution in [2.24, 2.45) is 21.8 Å². The second kappa shape index (κ2) is 6.67. The Labute approximate surface area is 159 Å². The SMILES string of the molecule is CN(CC(=O)N/N=C1\CC2CCC1(C)C2(C)C)S(=O)(=O)c1ccc(F)cc1. The summed E-state index contributed by atoms with van der Waals surface area (Å²) in [4.78, 5) is 12.2. The summed E-state index contributed by atoms with van der Waals surface area (Å²) in [5.74, 6) is -0.452. The molecule has 2 fully saturated rings. The molecule has 8 heteroatoms. The number of likely N-dealkylation sites (N-methyl/N-ethyl adjacent to an activating group) is 1. The molecule has 2 unspecified atom stereocenters. The molecule has 1 N–H and O–H groups in total. The zero-order valence-electron chi connectivity index (χ0n) is 16.1. The summed E-state index contributed by atoms with van der Waals surface area (Å²) in [5, 5.41) is 4.34. The third-order valence-corrected chi connectivity index (χ3v) is 8.53. The fourth-order valence-corrected chi connectivity index (χ4v) is 5.46. The summed E-state index contributed by atoms with van der Waals surface area (Å²) in [7, 11) is -2.56. The Kier molecular flexibility index (Phi) is 4.93. The molecular weight excluding hydrogens is 369 g/mol. The van der Waals surface area contributed by atoms with E-state index in [2.05, 4.69) is 31.3 Å². The average Bonchev–Trinajstić information content (AvgIpc) is 2.93. The number of benzene rings is 1. The van der Waals surface area contributed by atoms with Crippen LogP contribution in [0.4, 0.5) is 4.39 Å². The van der Waals surface area contributed by atoms with Gasteiger partial charge in [-0.3, -0.25) is 4.79 Å². The van der Waals surface area contributed by atoms with Gasteiger partial charge in [0.1, 0.15) is 5.82 Å². The summed E-state index contributed by atoms with van der Waals surface area (Å²) < 4.78 is 38.9. The highest BCUT2D eigenvalue weighted by Crippen LogP contribution is 2.63. The molecule has 2 atom stereocenters. The van der Waals surface area contributed by atoms with E-state index in [4.69, 9.17) is 0 Å². The van der Waals surface area contributed by atoms with E-state index in [0.29, 0.717) is 5.92 Å². The quantitative estimate of drug-likeness (QED) is 0.779. The molecule has 1 aromatic rings. The van der Waals surface area contributed by atoms with Crippen LogP contribution in [0.2, 0.25) is 0 Å². The van der Waals surface area contributed by atoms with Crippen LogP contribution in [0.25, 0.3) is 0 Å². The minimum Gasteiger partial charge on any atom is -0.272 e. The van der Waals surface area contributed by atoms with E-state index < -0.39 is 21.7 Å². The Morgan fingerprint density at radius 2 is 1.93 bits per heavy atom. The minimum absolute atomic E-state index is 0.0307. The fourth-order valence-electron chi connectivity index (χ4n) is 4.34. The molecule has 2 bridgehead atoms. The summed E-state index contributed by atoms with van der Waals surface area (Å²) in [5.41, 5.74) is 3.63. The summed E-state index contributed by atoms with van der Waals surface area (Å²) in [6.45, 7) is 6.33. The van der Waals surface area contributed by atoms with Crippen LogP contribution in [-0.4, -0.2) is 37.9 Å². The summed E-state index contributed by atoms with van der Waals surface area (Å²) in [6.07, 6.45) is 3.10. The van der Waals surface area contributed by atoms with Crippen LogP contribution in [0.3, 0.4) is 0 Å². The standard InChI is InChI=1S/C19H26FN3O3S/c1-18(2)13-9-10-19(18,3)16(11-13)21-22-17(24)12-23(4)27(25,26)15-7-5-14(20)6-8-15/h5-8,13H,9-12H2,1-4H3,(H,22,24)/b21-16+. The Morgan fingerprint density at radius 1 is 1.30 bits per heavy atom. The predicted molar refractivity (Wildman–Crippen MR) is 101 cm³/mol. The van der Waals surface area contributed by atoms with E-state index >= 15 is 0 Å². The third kappa shape index (κ3) is 3.29. The van der Waals surface area contributed by atoms with Crippen LogP contribution in [0.5, 0.6) is 0 Å². The Balaban J connectivity index is 1.65. The zero-order valence-corrected chi connectivity index (χ0v) is 16.9. The zero-order chi connectivity index (χ0) is 20.0. The van der Waals surface area contributed by atoms with Gasteiger partial charge in [-0.25, -0.2) is 18.2 Å². The molecule has 0 spiro atoms. The number of nitrogens with one attached hydrogen (secondary N) is 1. The number of rotatable bonds is 5. The summed E-state index contributed by atoms with van der Waals surface area (Å²) in [6, 6.07) is 4.50. The number of hydrazone groups is 1. The molecule has 148 valence electrons. The van der Waals surface area contributed by atoms with Crippen molar-refractivity contribution >= 4 is 21.6 Å². The molecular formula is C19H26FN3O3S. The van der Waals surface area contributed by atoms with Gasteiger partial charge < -0.3 is 0 Å². The molecule has 3 rings (SSSR count). The summed E-state index contributed by atoms with van der Waals surface area (Å²) >= 11 is 0. The van der Waals surface area contributed by atoms with E-state index in [1.165, 1.54) is 25.6 Å². The third-order valence-electron chi connectivity index (χ3n) is 6.72. The predicted octanol–water partition coefficient (Wildman–Crippen LogP) is 2.76. The smallest absolute Gasteiger partial charge is 0.255 e. The van der Waals surface area contributed by atoms with Crippen LogP contribution in [0.15, 0.2) is 34.3 Å². The van der Waals surface area contributed by atoms with Crippen molar-refractivity contribution in [1.29, 1.82) is 0 Å². The van der Waals surface area contributed by atoms with Crippen molar-refractivity contribution in [2.45, 2.75) is 44.9 Å². The van der Waals surface area contributed by atoms with Gasteiger partial charge in [0.25, 0.3) is 5.91 Å². The second-order valence-electron chi connectivity index (χ2n) is 8.30. The normalized spacial score (nSPS) is 28.1. The highest BCUT2D eigenvalue weighted by molar-refractivity contribution is 7.89. The Morgan fingerprint density at radius 3 is 2.44 bits per heavy atom. The molecule has 0 saturated heterocycles. The van der Waals surface area contributed by atoms with Gasteiger partial charge in [-0.1, -0.05) is 20.8 Å². The van der Waals surface area contributed by atoms with Crippen molar-refractivity contribution in [2.75, 3.05) is 13.6 Å². The van der Waals surface area contributed by atoms with Crippen molar-refractivity contribution in [1.82, 2.24) is 9.73 Å². The average molecular weight is 396 g/mol. The molecule has 2 aliphatic rings. The van der Waals surface area contributed by atoms with Crippen molar-refractivity contribution < 1.29 is 17.6 Å². The molecule has 2 aliphatic carbocycles. The first-order valence-electron chi connectivity index (χ1n) is 9.06. The van der Waals surface area contributed by atoms with Crippen LogP contribution < -0.4 is 5.43 Å². The first-order chi connectivity index (χ1) is 12.5. The molecule has 0 aliphatic heterocycles. The fraction of sp³-hybridized carbons (Fsp3) is 0.579.